The summed E-state index contributed by atoms with van der Waals surface area (Å²) >= 11 is 0. The van der Waals surface area contributed by atoms with Crippen LogP contribution in [0.4, 0.5) is 4.39 Å². The van der Waals surface area contributed by atoms with E-state index in [1.807, 2.05) is 0 Å². The van der Waals surface area contributed by atoms with Gasteiger partial charge in [-0.15, -0.1) is 0 Å². The molecule has 1 aromatic carbocycles. The number of aromatic amines is 1. The van der Waals surface area contributed by atoms with E-state index in [4.69, 9.17) is 5.11 Å². The molecule has 112 valence electrons. The summed E-state index contributed by atoms with van der Waals surface area (Å²) in [5.74, 6) is -1.35. The molecule has 1 heterocycles. The highest BCUT2D eigenvalue weighted by Gasteiger charge is 2.06. The number of benzene rings is 1. The van der Waals surface area contributed by atoms with Gasteiger partial charge in [-0.25, -0.2) is 4.39 Å². The van der Waals surface area contributed by atoms with Gasteiger partial charge in [0.15, 0.2) is 0 Å². The molecule has 1 amide bonds. The smallest absolute Gasteiger partial charge is 0.303 e. The van der Waals surface area contributed by atoms with Crippen molar-refractivity contribution < 1.29 is 19.1 Å². The molecule has 0 aliphatic rings. The van der Waals surface area contributed by atoms with Crippen LogP contribution in [-0.2, 0) is 16.0 Å². The normalized spacial score (nSPS) is 10.7. The van der Waals surface area contributed by atoms with Crippen LogP contribution in [0.15, 0.2) is 24.4 Å². The lowest BCUT2D eigenvalue weighted by molar-refractivity contribution is -0.137. The Morgan fingerprint density at radius 3 is 2.86 bits per heavy atom. The molecule has 0 bridgehead atoms. The van der Waals surface area contributed by atoms with Crippen LogP contribution in [0.1, 0.15) is 24.8 Å². The lowest BCUT2D eigenvalue weighted by Crippen LogP contribution is -2.25. The van der Waals surface area contributed by atoms with E-state index < -0.39 is 5.97 Å². The van der Waals surface area contributed by atoms with Crippen LogP contribution in [-0.4, -0.2) is 28.5 Å². The summed E-state index contributed by atoms with van der Waals surface area (Å²) in [6.45, 7) is 0.440. The number of carboxylic acid groups (broad SMARTS) is 1. The highest BCUT2D eigenvalue weighted by molar-refractivity contribution is 5.83. The molecule has 0 fully saturated rings. The van der Waals surface area contributed by atoms with E-state index in [2.05, 4.69) is 10.3 Å². The fraction of sp³-hybridized carbons (Fsp3) is 0.333. The van der Waals surface area contributed by atoms with Crippen LogP contribution in [0.3, 0.4) is 0 Å². The Morgan fingerprint density at radius 2 is 2.10 bits per heavy atom. The predicted molar refractivity (Wildman–Crippen MR) is 76.5 cm³/mol. The monoisotopic (exact) mass is 292 g/mol. The first-order chi connectivity index (χ1) is 10.1. The van der Waals surface area contributed by atoms with Gasteiger partial charge in [0.05, 0.1) is 0 Å². The second-order valence-electron chi connectivity index (χ2n) is 4.85. The van der Waals surface area contributed by atoms with Crippen molar-refractivity contribution in [2.75, 3.05) is 6.54 Å². The highest BCUT2D eigenvalue weighted by Crippen LogP contribution is 2.19. The summed E-state index contributed by atoms with van der Waals surface area (Å²) in [5, 5.41) is 12.0. The van der Waals surface area contributed by atoms with Gasteiger partial charge in [-0.05, 0) is 36.6 Å². The number of hydrogen-bond acceptors (Lipinski definition) is 2. The fourth-order valence-corrected chi connectivity index (χ4v) is 2.18. The number of halogens is 1. The molecule has 6 heteroatoms. The number of fused-ring (bicyclic) bond motifs is 1. The van der Waals surface area contributed by atoms with Crippen LogP contribution in [0, 0.1) is 5.82 Å². The van der Waals surface area contributed by atoms with E-state index in [0.717, 1.165) is 16.5 Å². The SMILES string of the molecule is O=C(O)CCCC(=O)NCCc1c[nH]c2ccc(F)cc12. The third kappa shape index (κ3) is 4.30. The minimum Gasteiger partial charge on any atom is -0.481 e. The number of hydrogen-bond donors (Lipinski definition) is 3. The van der Waals surface area contributed by atoms with Crippen molar-refractivity contribution in [2.24, 2.45) is 0 Å². The molecule has 0 unspecified atom stereocenters. The second kappa shape index (κ2) is 6.88. The Bertz CT molecular complexity index is 651. The maximum atomic E-state index is 13.2. The standard InChI is InChI=1S/C15H17FN2O3/c16-11-4-5-13-12(8-11)10(9-18-13)6-7-17-14(19)2-1-3-15(20)21/h4-5,8-9,18H,1-3,6-7H2,(H,17,19)(H,20,21). The van der Waals surface area contributed by atoms with E-state index in [1.54, 1.807) is 12.3 Å². The van der Waals surface area contributed by atoms with Gasteiger partial charge < -0.3 is 15.4 Å². The lowest BCUT2D eigenvalue weighted by atomic mass is 10.1. The zero-order valence-electron chi connectivity index (χ0n) is 11.5. The van der Waals surface area contributed by atoms with Gasteiger partial charge in [0, 0.05) is 36.5 Å². The summed E-state index contributed by atoms with van der Waals surface area (Å²) in [5.41, 5.74) is 1.80. The van der Waals surface area contributed by atoms with Gasteiger partial charge >= 0.3 is 5.97 Å². The molecule has 2 aromatic rings. The summed E-state index contributed by atoms with van der Waals surface area (Å²) < 4.78 is 13.2. The summed E-state index contributed by atoms with van der Waals surface area (Å²) in [4.78, 5) is 24.9. The van der Waals surface area contributed by atoms with Gasteiger partial charge in [-0.2, -0.15) is 0 Å². The molecule has 1 aromatic heterocycles. The number of carboxylic acids is 1. The predicted octanol–water partition coefficient (Wildman–Crippen LogP) is 2.22. The topological polar surface area (TPSA) is 82.2 Å². The Kier molecular flexibility index (Phi) is 4.92. The molecular formula is C15H17FN2O3. The quantitative estimate of drug-likeness (QED) is 0.732. The third-order valence-corrected chi connectivity index (χ3v) is 3.24. The first-order valence-electron chi connectivity index (χ1n) is 6.80. The van der Waals surface area contributed by atoms with Crippen LogP contribution < -0.4 is 5.32 Å². The van der Waals surface area contributed by atoms with Crippen molar-refractivity contribution in [3.8, 4) is 0 Å². The molecule has 0 aliphatic heterocycles. The van der Waals surface area contributed by atoms with Crippen LogP contribution in [0.25, 0.3) is 10.9 Å². The first kappa shape index (κ1) is 15.0. The summed E-state index contributed by atoms with van der Waals surface area (Å²) in [6.07, 6.45) is 2.93. The number of aliphatic carboxylic acids is 1. The molecule has 2 rings (SSSR count). The first-order valence-corrected chi connectivity index (χ1v) is 6.80. The number of amides is 1. The Hall–Kier alpha value is -2.37. The molecule has 0 atom stereocenters. The zero-order chi connectivity index (χ0) is 15.2. The minimum atomic E-state index is -0.899. The molecule has 0 spiro atoms. The van der Waals surface area contributed by atoms with Gasteiger partial charge in [-0.1, -0.05) is 0 Å². The number of carbonyl (C=O) groups excluding carboxylic acids is 1. The maximum absolute atomic E-state index is 13.2. The Labute approximate surface area is 121 Å². The fourth-order valence-electron chi connectivity index (χ4n) is 2.18. The van der Waals surface area contributed by atoms with E-state index in [1.165, 1.54) is 12.1 Å². The van der Waals surface area contributed by atoms with Gasteiger partial charge in [0.1, 0.15) is 5.82 Å². The van der Waals surface area contributed by atoms with E-state index >= 15 is 0 Å². The molecule has 5 nitrogen and oxygen atoms in total. The van der Waals surface area contributed by atoms with E-state index in [9.17, 15) is 14.0 Å². The largest absolute Gasteiger partial charge is 0.481 e. The molecule has 0 radical (unpaired) electrons. The lowest BCUT2D eigenvalue weighted by Gasteiger charge is -2.04. The molecule has 3 N–H and O–H groups in total. The van der Waals surface area contributed by atoms with Gasteiger partial charge in [0.2, 0.25) is 5.91 Å². The van der Waals surface area contributed by atoms with E-state index in [0.29, 0.717) is 19.4 Å². The van der Waals surface area contributed by atoms with Crippen molar-refractivity contribution >= 4 is 22.8 Å². The van der Waals surface area contributed by atoms with Gasteiger partial charge in [-0.3, -0.25) is 9.59 Å². The molecule has 0 saturated carbocycles. The number of H-pyrrole nitrogens is 1. The maximum Gasteiger partial charge on any atom is 0.303 e. The Balaban J connectivity index is 1.81. The molecule has 0 saturated heterocycles. The average Bonchev–Trinajstić information content (AvgIpc) is 2.81. The molecule has 0 aliphatic carbocycles. The van der Waals surface area contributed by atoms with E-state index in [-0.39, 0.29) is 24.6 Å². The van der Waals surface area contributed by atoms with Crippen molar-refractivity contribution in [3.05, 3.63) is 35.8 Å². The molecular weight excluding hydrogens is 275 g/mol. The number of nitrogens with one attached hydrogen (secondary N) is 2. The van der Waals surface area contributed by atoms with Crippen molar-refractivity contribution in [3.63, 3.8) is 0 Å². The zero-order valence-corrected chi connectivity index (χ0v) is 11.5. The second-order valence-corrected chi connectivity index (χ2v) is 4.85. The highest BCUT2D eigenvalue weighted by atomic mass is 19.1. The minimum absolute atomic E-state index is 0.00482. The third-order valence-electron chi connectivity index (χ3n) is 3.24. The number of carbonyl (C=O) groups is 2. The summed E-state index contributed by atoms with van der Waals surface area (Å²) in [7, 11) is 0. The number of rotatable bonds is 7. The Morgan fingerprint density at radius 1 is 1.29 bits per heavy atom. The van der Waals surface area contributed by atoms with Crippen molar-refractivity contribution in [1.82, 2.24) is 10.3 Å². The molecule has 21 heavy (non-hydrogen) atoms. The summed E-state index contributed by atoms with van der Waals surface area (Å²) in [6, 6.07) is 4.54. The average molecular weight is 292 g/mol. The van der Waals surface area contributed by atoms with Crippen LogP contribution in [0.2, 0.25) is 0 Å². The van der Waals surface area contributed by atoms with Crippen LogP contribution in [0.5, 0.6) is 0 Å². The van der Waals surface area contributed by atoms with Gasteiger partial charge in [0.25, 0.3) is 0 Å². The van der Waals surface area contributed by atoms with Crippen molar-refractivity contribution in [1.29, 1.82) is 0 Å². The van der Waals surface area contributed by atoms with Crippen LogP contribution >= 0.6 is 0 Å². The number of aromatic nitrogens is 1. The van der Waals surface area contributed by atoms with Crippen molar-refractivity contribution in [2.45, 2.75) is 25.7 Å².